The zero-order valence-electron chi connectivity index (χ0n) is 8.44. The molecule has 0 aliphatic carbocycles. The van der Waals surface area contributed by atoms with Crippen LogP contribution in [-0.2, 0) is 0 Å². The van der Waals surface area contributed by atoms with Crippen molar-refractivity contribution in [3.63, 3.8) is 0 Å². The van der Waals surface area contributed by atoms with E-state index in [1.807, 2.05) is 6.92 Å². The van der Waals surface area contributed by atoms with Gasteiger partial charge in [-0.2, -0.15) is 0 Å². The molecule has 0 amide bonds. The first kappa shape index (κ1) is 10.5. The van der Waals surface area contributed by atoms with Crippen LogP contribution in [0.25, 0.3) is 0 Å². The van der Waals surface area contributed by atoms with Crippen LogP contribution in [0, 0.1) is 5.41 Å². The Hall–Kier alpha value is -0.520. The van der Waals surface area contributed by atoms with Crippen molar-refractivity contribution in [2.75, 3.05) is 0 Å². The topological polar surface area (TPSA) is 0 Å². The Morgan fingerprint density at radius 3 is 2.18 bits per heavy atom. The lowest BCUT2D eigenvalue weighted by atomic mass is 9.88. The van der Waals surface area contributed by atoms with Gasteiger partial charge in [0.25, 0.3) is 0 Å². The van der Waals surface area contributed by atoms with Gasteiger partial charge in [0.1, 0.15) is 0 Å². The normalized spacial score (nSPS) is 14.5. The van der Waals surface area contributed by atoms with Crippen LogP contribution in [0.2, 0.25) is 0 Å². The van der Waals surface area contributed by atoms with Crippen molar-refractivity contribution in [3.8, 4) is 0 Å². The Kier molecular flexibility index (Phi) is 4.17. The number of rotatable bonds is 2. The maximum atomic E-state index is 2.26. The maximum Gasteiger partial charge on any atom is -0.0271 e. The van der Waals surface area contributed by atoms with Crippen LogP contribution < -0.4 is 0 Å². The lowest BCUT2D eigenvalue weighted by Crippen LogP contribution is -2.04. The molecule has 0 spiro atoms. The second kappa shape index (κ2) is 4.38. The van der Waals surface area contributed by atoms with E-state index >= 15 is 0 Å². The summed E-state index contributed by atoms with van der Waals surface area (Å²) in [5.41, 5.74) is 1.87. The summed E-state index contributed by atoms with van der Waals surface area (Å²) in [4.78, 5) is 0. The zero-order valence-corrected chi connectivity index (χ0v) is 8.44. The Morgan fingerprint density at radius 2 is 1.82 bits per heavy atom. The minimum Gasteiger partial charge on any atom is -0.0877 e. The number of hydrogen-bond acceptors (Lipinski definition) is 0. The Balaban J connectivity index is 3.96. The molecule has 0 aromatic carbocycles. The minimum absolute atomic E-state index is 0.419. The highest BCUT2D eigenvalue weighted by Gasteiger charge is 2.09. The summed E-state index contributed by atoms with van der Waals surface area (Å²) in [6.07, 6.45) is 7.52. The van der Waals surface area contributed by atoms with Crippen molar-refractivity contribution >= 4 is 0 Å². The molecule has 0 fully saturated rings. The van der Waals surface area contributed by atoms with Crippen molar-refractivity contribution in [1.82, 2.24) is 0 Å². The van der Waals surface area contributed by atoms with Gasteiger partial charge >= 0.3 is 0 Å². The number of hydrogen-bond donors (Lipinski definition) is 0. The molecule has 64 valence electrons. The van der Waals surface area contributed by atoms with Gasteiger partial charge in [-0.05, 0) is 25.7 Å². The van der Waals surface area contributed by atoms with Crippen LogP contribution in [0.15, 0.2) is 23.8 Å². The molecule has 0 heteroatoms. The fraction of sp³-hybridized carbons (Fsp3) is 0.636. The third-order valence-corrected chi connectivity index (χ3v) is 1.38. The van der Waals surface area contributed by atoms with Gasteiger partial charge in [0.15, 0.2) is 0 Å². The molecule has 0 aliphatic rings. The molecule has 0 aromatic heterocycles. The van der Waals surface area contributed by atoms with E-state index in [1.54, 1.807) is 0 Å². The van der Waals surface area contributed by atoms with E-state index in [0.29, 0.717) is 5.41 Å². The Morgan fingerprint density at radius 1 is 1.27 bits per heavy atom. The zero-order chi connectivity index (χ0) is 8.91. The van der Waals surface area contributed by atoms with Crippen LogP contribution in [0.5, 0.6) is 0 Å². The van der Waals surface area contributed by atoms with E-state index in [0.717, 1.165) is 0 Å². The van der Waals surface area contributed by atoms with Gasteiger partial charge in [-0.15, -0.1) is 0 Å². The summed E-state index contributed by atoms with van der Waals surface area (Å²) >= 11 is 0. The molecule has 0 aliphatic heterocycles. The highest BCUT2D eigenvalue weighted by molar-refractivity contribution is 5.10. The van der Waals surface area contributed by atoms with E-state index < -0.39 is 0 Å². The summed E-state index contributed by atoms with van der Waals surface area (Å²) in [5, 5.41) is 0. The summed E-state index contributed by atoms with van der Waals surface area (Å²) in [6.45, 7) is 11.0. The average Bonchev–Trinajstić information content (AvgIpc) is 1.79. The molecule has 0 aromatic rings. The molecule has 0 unspecified atom stereocenters. The average molecular weight is 152 g/mol. The third kappa shape index (κ3) is 7.38. The summed E-state index contributed by atoms with van der Waals surface area (Å²) < 4.78 is 0. The second-order valence-corrected chi connectivity index (χ2v) is 4.28. The Labute approximate surface area is 71.0 Å². The Bertz CT molecular complexity index is 153. The predicted molar refractivity (Wildman–Crippen MR) is 52.6 cm³/mol. The van der Waals surface area contributed by atoms with E-state index in [-0.39, 0.29) is 0 Å². The fourth-order valence-corrected chi connectivity index (χ4v) is 1.16. The van der Waals surface area contributed by atoms with Gasteiger partial charge in [-0.25, -0.2) is 0 Å². The summed E-state index contributed by atoms with van der Waals surface area (Å²) in [6, 6.07) is 0. The smallest absolute Gasteiger partial charge is 0.0271 e. The van der Waals surface area contributed by atoms with Gasteiger partial charge < -0.3 is 0 Å². The van der Waals surface area contributed by atoms with Gasteiger partial charge in [0.2, 0.25) is 0 Å². The van der Waals surface area contributed by atoms with Crippen molar-refractivity contribution < 1.29 is 0 Å². The molecular formula is C11H20. The lowest BCUT2D eigenvalue weighted by molar-refractivity contribution is 0.410. The molecule has 0 saturated heterocycles. The van der Waals surface area contributed by atoms with Crippen molar-refractivity contribution in [1.29, 1.82) is 0 Å². The quantitative estimate of drug-likeness (QED) is 0.526. The number of allylic oxidation sites excluding steroid dienone is 4. The molecule has 0 rings (SSSR count). The molecule has 0 saturated carbocycles. The van der Waals surface area contributed by atoms with Crippen LogP contribution in [0.4, 0.5) is 0 Å². The third-order valence-electron chi connectivity index (χ3n) is 1.38. The lowest BCUT2D eigenvalue weighted by Gasteiger charge is -2.17. The first-order valence-electron chi connectivity index (χ1n) is 4.24. The minimum atomic E-state index is 0.419. The van der Waals surface area contributed by atoms with Crippen molar-refractivity contribution in [2.45, 2.75) is 41.0 Å². The summed E-state index contributed by atoms with van der Waals surface area (Å²) in [7, 11) is 0. The molecule has 0 nitrogen and oxygen atoms in total. The standard InChI is InChI=1S/C11H20/c1-6-7-8-10(2)9-11(3,4)5/h6-8H,9H2,1-5H3/b7-6-,10-8+. The monoisotopic (exact) mass is 152 g/mol. The van der Waals surface area contributed by atoms with E-state index in [1.165, 1.54) is 12.0 Å². The summed E-state index contributed by atoms with van der Waals surface area (Å²) in [5.74, 6) is 0. The molecule has 11 heavy (non-hydrogen) atoms. The molecular weight excluding hydrogens is 132 g/mol. The highest BCUT2D eigenvalue weighted by Crippen LogP contribution is 2.23. The molecule has 0 bridgehead atoms. The second-order valence-electron chi connectivity index (χ2n) is 4.28. The SMILES string of the molecule is C/C=C\C=C(/C)CC(C)(C)C. The molecule has 0 heterocycles. The van der Waals surface area contributed by atoms with Crippen LogP contribution in [0.1, 0.15) is 41.0 Å². The van der Waals surface area contributed by atoms with Gasteiger partial charge in [0.05, 0.1) is 0 Å². The van der Waals surface area contributed by atoms with E-state index in [9.17, 15) is 0 Å². The highest BCUT2D eigenvalue weighted by atomic mass is 14.1. The van der Waals surface area contributed by atoms with E-state index in [4.69, 9.17) is 0 Å². The van der Waals surface area contributed by atoms with E-state index in [2.05, 4.69) is 45.9 Å². The molecule has 0 radical (unpaired) electrons. The van der Waals surface area contributed by atoms with Crippen molar-refractivity contribution in [2.24, 2.45) is 5.41 Å². The molecule has 0 atom stereocenters. The van der Waals surface area contributed by atoms with Crippen LogP contribution >= 0.6 is 0 Å². The van der Waals surface area contributed by atoms with Crippen LogP contribution in [0.3, 0.4) is 0 Å². The maximum absolute atomic E-state index is 2.26. The van der Waals surface area contributed by atoms with Crippen LogP contribution in [-0.4, -0.2) is 0 Å². The first-order chi connectivity index (χ1) is 4.95. The van der Waals surface area contributed by atoms with Gasteiger partial charge in [-0.1, -0.05) is 44.6 Å². The molecule has 0 N–H and O–H groups in total. The first-order valence-corrected chi connectivity index (χ1v) is 4.24. The fourth-order valence-electron chi connectivity index (χ4n) is 1.16. The largest absolute Gasteiger partial charge is 0.0877 e. The van der Waals surface area contributed by atoms with Crippen molar-refractivity contribution in [3.05, 3.63) is 23.8 Å². The van der Waals surface area contributed by atoms with Gasteiger partial charge in [-0.3, -0.25) is 0 Å². The van der Waals surface area contributed by atoms with Gasteiger partial charge in [0, 0.05) is 0 Å². The predicted octanol–water partition coefficient (Wildman–Crippen LogP) is 3.95.